The molecule has 98 valence electrons. The number of ether oxygens (including phenoxy) is 3. The van der Waals surface area contributed by atoms with Gasteiger partial charge in [0.05, 0.1) is 32.3 Å². The molecule has 0 aliphatic rings. The zero-order valence-electron chi connectivity index (χ0n) is 10.4. The first-order valence-electron chi connectivity index (χ1n) is 5.92. The highest BCUT2D eigenvalue weighted by Crippen LogP contribution is 2.00. The number of unbranched alkanes of at least 4 members (excludes halogenated alkanes) is 2. The molecule has 0 amide bonds. The minimum absolute atomic E-state index is 0.145. The molecule has 4 nitrogen and oxygen atoms in total. The van der Waals surface area contributed by atoms with E-state index in [1.54, 1.807) is 0 Å². The third kappa shape index (κ3) is 12.5. The average molecular weight is 242 g/mol. The molecule has 0 bridgehead atoms. The Morgan fingerprint density at radius 2 is 1.41 bits per heavy atom. The van der Waals surface area contributed by atoms with Crippen molar-refractivity contribution in [3.63, 3.8) is 0 Å². The van der Waals surface area contributed by atoms with Gasteiger partial charge in [-0.05, 0) is 25.7 Å². The Kier molecular flexibility index (Phi) is 11.5. The van der Waals surface area contributed by atoms with Crippen molar-refractivity contribution in [3.05, 3.63) is 25.7 Å². The normalized spacial score (nSPS) is 9.41. The first kappa shape index (κ1) is 15.6. The molecule has 0 heterocycles. The molecular formula is C13H22O4. The van der Waals surface area contributed by atoms with Crippen molar-refractivity contribution < 1.29 is 19.0 Å². The molecule has 0 radical (unpaired) electrons. The highest BCUT2D eigenvalue weighted by Gasteiger charge is 2.01. The Morgan fingerprint density at radius 1 is 0.882 bits per heavy atom. The highest BCUT2D eigenvalue weighted by molar-refractivity contribution is 5.69. The molecule has 0 fully saturated rings. The number of carbonyl (C=O) groups is 1. The largest absolute Gasteiger partial charge is 0.502 e. The van der Waals surface area contributed by atoms with Crippen LogP contribution in [-0.2, 0) is 19.0 Å². The summed E-state index contributed by atoms with van der Waals surface area (Å²) >= 11 is 0. The number of hydrogen-bond acceptors (Lipinski definition) is 4. The van der Waals surface area contributed by atoms with Gasteiger partial charge in [-0.3, -0.25) is 4.79 Å². The molecule has 0 aromatic carbocycles. The van der Waals surface area contributed by atoms with Gasteiger partial charge in [0.1, 0.15) is 0 Å². The van der Waals surface area contributed by atoms with E-state index in [1.165, 1.54) is 12.5 Å². The maximum atomic E-state index is 11.2. The first-order valence-corrected chi connectivity index (χ1v) is 5.92. The van der Waals surface area contributed by atoms with E-state index in [0.717, 1.165) is 25.7 Å². The van der Waals surface area contributed by atoms with E-state index in [2.05, 4.69) is 13.2 Å². The predicted molar refractivity (Wildman–Crippen MR) is 66.3 cm³/mol. The summed E-state index contributed by atoms with van der Waals surface area (Å²) in [4.78, 5) is 11.2. The van der Waals surface area contributed by atoms with Crippen molar-refractivity contribution in [2.45, 2.75) is 32.1 Å². The summed E-state index contributed by atoms with van der Waals surface area (Å²) in [5.74, 6) is -0.145. The molecule has 0 N–H and O–H groups in total. The fourth-order valence-electron chi connectivity index (χ4n) is 1.17. The van der Waals surface area contributed by atoms with Crippen LogP contribution >= 0.6 is 0 Å². The summed E-state index contributed by atoms with van der Waals surface area (Å²) in [6.07, 6.45) is 6.58. The van der Waals surface area contributed by atoms with Gasteiger partial charge < -0.3 is 14.2 Å². The topological polar surface area (TPSA) is 44.8 Å². The molecule has 0 saturated heterocycles. The van der Waals surface area contributed by atoms with Crippen molar-refractivity contribution >= 4 is 5.97 Å². The lowest BCUT2D eigenvalue weighted by atomic mass is 10.2. The number of rotatable bonds is 12. The van der Waals surface area contributed by atoms with Crippen LogP contribution in [0.4, 0.5) is 0 Å². The van der Waals surface area contributed by atoms with E-state index in [1.807, 2.05) is 0 Å². The van der Waals surface area contributed by atoms with E-state index in [-0.39, 0.29) is 5.97 Å². The van der Waals surface area contributed by atoms with Gasteiger partial charge in [-0.1, -0.05) is 13.2 Å². The lowest BCUT2D eigenvalue weighted by molar-refractivity contribution is -0.144. The Hall–Kier alpha value is -1.45. The second kappa shape index (κ2) is 12.6. The summed E-state index contributed by atoms with van der Waals surface area (Å²) in [6.45, 7) is 8.56. The van der Waals surface area contributed by atoms with Crippen LogP contribution in [0.1, 0.15) is 32.1 Å². The molecule has 0 spiro atoms. The van der Waals surface area contributed by atoms with Crippen LogP contribution in [0.15, 0.2) is 25.7 Å². The van der Waals surface area contributed by atoms with Crippen molar-refractivity contribution in [2.75, 3.05) is 19.8 Å². The second-order valence-electron chi connectivity index (χ2n) is 3.46. The van der Waals surface area contributed by atoms with Crippen LogP contribution in [-0.4, -0.2) is 25.8 Å². The average Bonchev–Trinajstić information content (AvgIpc) is 2.33. The van der Waals surface area contributed by atoms with Gasteiger partial charge >= 0.3 is 5.97 Å². The Bertz CT molecular complexity index is 213. The Labute approximate surface area is 103 Å². The van der Waals surface area contributed by atoms with Crippen LogP contribution in [0.25, 0.3) is 0 Å². The van der Waals surface area contributed by atoms with Crippen molar-refractivity contribution in [2.24, 2.45) is 0 Å². The Balaban J connectivity index is 3.17. The maximum Gasteiger partial charge on any atom is 0.305 e. The van der Waals surface area contributed by atoms with Gasteiger partial charge in [-0.25, -0.2) is 0 Å². The van der Waals surface area contributed by atoms with Crippen LogP contribution in [0, 0.1) is 0 Å². The van der Waals surface area contributed by atoms with Crippen molar-refractivity contribution in [3.8, 4) is 0 Å². The molecule has 0 saturated carbocycles. The summed E-state index contributed by atoms with van der Waals surface area (Å²) in [6, 6.07) is 0. The summed E-state index contributed by atoms with van der Waals surface area (Å²) in [7, 11) is 0. The van der Waals surface area contributed by atoms with Crippen LogP contribution in [0.3, 0.4) is 0 Å². The molecule has 0 aliphatic carbocycles. The van der Waals surface area contributed by atoms with Gasteiger partial charge in [0.15, 0.2) is 0 Å². The molecule has 0 rings (SSSR count). The lowest BCUT2D eigenvalue weighted by Crippen LogP contribution is -2.06. The highest BCUT2D eigenvalue weighted by atomic mass is 16.5. The summed E-state index contributed by atoms with van der Waals surface area (Å²) < 4.78 is 14.9. The molecule has 17 heavy (non-hydrogen) atoms. The van der Waals surface area contributed by atoms with Crippen molar-refractivity contribution in [1.82, 2.24) is 0 Å². The number of hydrogen-bond donors (Lipinski definition) is 0. The van der Waals surface area contributed by atoms with Crippen LogP contribution in [0.5, 0.6) is 0 Å². The summed E-state index contributed by atoms with van der Waals surface area (Å²) in [5.41, 5.74) is 0. The quantitative estimate of drug-likeness (QED) is 0.300. The SMILES string of the molecule is C=COCCCCOC(=O)CCCCOC=C. The van der Waals surface area contributed by atoms with Gasteiger partial charge in [0.25, 0.3) is 0 Å². The van der Waals surface area contributed by atoms with Gasteiger partial charge in [0.2, 0.25) is 0 Å². The van der Waals surface area contributed by atoms with E-state index in [0.29, 0.717) is 26.2 Å². The molecule has 0 unspecified atom stereocenters. The van der Waals surface area contributed by atoms with E-state index < -0.39 is 0 Å². The van der Waals surface area contributed by atoms with E-state index >= 15 is 0 Å². The smallest absolute Gasteiger partial charge is 0.305 e. The molecule has 0 aromatic heterocycles. The van der Waals surface area contributed by atoms with Crippen molar-refractivity contribution in [1.29, 1.82) is 0 Å². The third-order valence-corrected chi connectivity index (χ3v) is 2.05. The van der Waals surface area contributed by atoms with E-state index in [4.69, 9.17) is 14.2 Å². The molecular weight excluding hydrogens is 220 g/mol. The van der Waals surface area contributed by atoms with Gasteiger partial charge in [0, 0.05) is 6.42 Å². The third-order valence-electron chi connectivity index (χ3n) is 2.05. The van der Waals surface area contributed by atoms with Crippen LogP contribution in [0.2, 0.25) is 0 Å². The monoisotopic (exact) mass is 242 g/mol. The van der Waals surface area contributed by atoms with Gasteiger partial charge in [-0.15, -0.1) is 0 Å². The van der Waals surface area contributed by atoms with E-state index in [9.17, 15) is 4.79 Å². The lowest BCUT2D eigenvalue weighted by Gasteiger charge is -2.05. The molecule has 4 heteroatoms. The zero-order chi connectivity index (χ0) is 12.8. The minimum Gasteiger partial charge on any atom is -0.502 e. The first-order chi connectivity index (χ1) is 8.31. The fourth-order valence-corrected chi connectivity index (χ4v) is 1.17. The number of carbonyl (C=O) groups excluding carboxylic acids is 1. The molecule has 0 aliphatic heterocycles. The summed E-state index contributed by atoms with van der Waals surface area (Å²) in [5, 5.41) is 0. The number of esters is 1. The minimum atomic E-state index is -0.145. The van der Waals surface area contributed by atoms with Gasteiger partial charge in [-0.2, -0.15) is 0 Å². The fraction of sp³-hybridized carbons (Fsp3) is 0.615. The maximum absolute atomic E-state index is 11.2. The Morgan fingerprint density at radius 3 is 2.00 bits per heavy atom. The standard InChI is InChI=1S/C13H22O4/c1-3-15-10-6-5-9-13(14)17-12-8-7-11-16-4-2/h3-4H,1-2,5-12H2. The molecule has 0 atom stereocenters. The van der Waals surface area contributed by atoms with Crippen LogP contribution < -0.4 is 0 Å². The molecule has 0 aromatic rings. The predicted octanol–water partition coefficient (Wildman–Crippen LogP) is 2.80. The zero-order valence-corrected chi connectivity index (χ0v) is 10.4. The second-order valence-corrected chi connectivity index (χ2v) is 3.46.